The summed E-state index contributed by atoms with van der Waals surface area (Å²) >= 11 is 6.28. The van der Waals surface area contributed by atoms with Crippen molar-refractivity contribution in [1.82, 2.24) is 14.7 Å². The topological polar surface area (TPSA) is 38.1 Å². The third kappa shape index (κ3) is 3.24. The summed E-state index contributed by atoms with van der Waals surface area (Å²) < 4.78 is 15.7. The molecule has 2 heterocycles. The van der Waals surface area contributed by atoms with Crippen molar-refractivity contribution in [2.24, 2.45) is 7.05 Å². The molecule has 1 amide bonds. The molecule has 4 nitrogen and oxygen atoms in total. The smallest absolute Gasteiger partial charge is 0.257 e. The van der Waals surface area contributed by atoms with Crippen molar-refractivity contribution in [3.05, 3.63) is 52.6 Å². The van der Waals surface area contributed by atoms with E-state index in [4.69, 9.17) is 11.6 Å². The summed E-state index contributed by atoms with van der Waals surface area (Å²) in [5.74, 6) is -0.788. The second-order valence-electron chi connectivity index (χ2n) is 5.88. The van der Waals surface area contributed by atoms with E-state index in [1.54, 1.807) is 35.0 Å². The monoisotopic (exact) mass is 335 g/mol. The second kappa shape index (κ2) is 6.71. The van der Waals surface area contributed by atoms with Crippen molar-refractivity contribution in [2.75, 3.05) is 6.54 Å². The van der Waals surface area contributed by atoms with E-state index in [0.29, 0.717) is 17.3 Å². The maximum Gasteiger partial charge on any atom is 0.257 e. The Morgan fingerprint density at radius 1 is 1.30 bits per heavy atom. The Bertz CT molecular complexity index is 716. The van der Waals surface area contributed by atoms with Crippen LogP contribution < -0.4 is 0 Å². The molecule has 0 aliphatic carbocycles. The van der Waals surface area contributed by atoms with Gasteiger partial charge >= 0.3 is 0 Å². The number of likely N-dealkylation sites (tertiary alicyclic amines) is 1. The van der Waals surface area contributed by atoms with Crippen molar-refractivity contribution in [3.8, 4) is 0 Å². The summed E-state index contributed by atoms with van der Waals surface area (Å²) in [5.41, 5.74) is 0.798. The Hall–Kier alpha value is -1.88. The first-order valence-electron chi connectivity index (χ1n) is 7.82. The molecule has 122 valence electrons. The minimum absolute atomic E-state index is 0.103. The number of halogens is 2. The fraction of sp³-hybridized carbons (Fsp3) is 0.412. The Morgan fingerprint density at radius 2 is 2.09 bits per heavy atom. The minimum atomic E-state index is -0.493. The lowest BCUT2D eigenvalue weighted by Crippen LogP contribution is -2.35. The van der Waals surface area contributed by atoms with Crippen molar-refractivity contribution >= 4 is 17.5 Å². The van der Waals surface area contributed by atoms with E-state index < -0.39 is 5.82 Å². The zero-order valence-corrected chi connectivity index (χ0v) is 13.8. The molecule has 1 saturated heterocycles. The predicted molar refractivity (Wildman–Crippen MR) is 86.9 cm³/mol. The lowest BCUT2D eigenvalue weighted by atomic mass is 10.1. The SMILES string of the molecule is Cn1cc(Cl)c([C@H]2CCCCCN2C(=O)c2ccccc2F)n1. The number of nitrogens with zero attached hydrogens (tertiary/aromatic N) is 3. The van der Waals surface area contributed by atoms with Crippen LogP contribution in [0.2, 0.25) is 5.02 Å². The standard InChI is InChI=1S/C17H19ClFN3O/c1-21-11-13(18)16(20-21)15-9-3-2-6-10-22(15)17(23)12-7-4-5-8-14(12)19/h4-5,7-8,11,15H,2-3,6,9-10H2,1H3/t15-/m1/s1. The molecule has 23 heavy (non-hydrogen) atoms. The number of rotatable bonds is 2. The molecule has 0 radical (unpaired) electrons. The number of amides is 1. The summed E-state index contributed by atoms with van der Waals surface area (Å²) in [6.45, 7) is 0.588. The van der Waals surface area contributed by atoms with Gasteiger partial charge in [0.1, 0.15) is 11.5 Å². The molecule has 1 aliphatic rings. The van der Waals surface area contributed by atoms with Gasteiger partial charge in [-0.05, 0) is 25.0 Å². The second-order valence-corrected chi connectivity index (χ2v) is 6.29. The van der Waals surface area contributed by atoms with Crippen LogP contribution >= 0.6 is 11.6 Å². The molecule has 1 atom stereocenters. The molecule has 0 unspecified atom stereocenters. The maximum atomic E-state index is 14.0. The Morgan fingerprint density at radius 3 is 2.78 bits per heavy atom. The van der Waals surface area contributed by atoms with E-state index in [-0.39, 0.29) is 17.5 Å². The molecule has 6 heteroatoms. The minimum Gasteiger partial charge on any atom is -0.330 e. The summed E-state index contributed by atoms with van der Waals surface area (Å²) in [5, 5.41) is 4.97. The highest BCUT2D eigenvalue weighted by Crippen LogP contribution is 2.34. The average Bonchev–Trinajstić information content (AvgIpc) is 2.74. The van der Waals surface area contributed by atoms with Crippen LogP contribution in [-0.2, 0) is 7.05 Å². The highest BCUT2D eigenvalue weighted by Gasteiger charge is 2.31. The van der Waals surface area contributed by atoms with Gasteiger partial charge in [0, 0.05) is 19.8 Å². The molecule has 1 fully saturated rings. The predicted octanol–water partition coefficient (Wildman–Crippen LogP) is 3.97. The summed E-state index contributed by atoms with van der Waals surface area (Å²) in [7, 11) is 1.80. The maximum absolute atomic E-state index is 14.0. The number of aromatic nitrogens is 2. The Kier molecular flexibility index (Phi) is 4.66. The van der Waals surface area contributed by atoms with Crippen LogP contribution in [0.1, 0.15) is 47.8 Å². The van der Waals surface area contributed by atoms with Gasteiger partial charge < -0.3 is 4.90 Å². The summed E-state index contributed by atoms with van der Waals surface area (Å²) in [6, 6.07) is 5.89. The molecule has 1 aliphatic heterocycles. The zero-order chi connectivity index (χ0) is 16.4. The van der Waals surface area contributed by atoms with Crippen LogP contribution in [0.5, 0.6) is 0 Å². The first-order valence-corrected chi connectivity index (χ1v) is 8.20. The normalized spacial score (nSPS) is 18.7. The van der Waals surface area contributed by atoms with Crippen LogP contribution in [-0.4, -0.2) is 27.1 Å². The quantitative estimate of drug-likeness (QED) is 0.832. The summed E-state index contributed by atoms with van der Waals surface area (Å²) in [6.07, 6.45) is 5.46. The first kappa shape index (κ1) is 16.0. The third-order valence-corrected chi connectivity index (χ3v) is 4.54. The van der Waals surface area contributed by atoms with E-state index in [9.17, 15) is 9.18 Å². The van der Waals surface area contributed by atoms with E-state index >= 15 is 0 Å². The van der Waals surface area contributed by atoms with Crippen molar-refractivity contribution in [1.29, 1.82) is 0 Å². The van der Waals surface area contributed by atoms with Gasteiger partial charge in [0.15, 0.2) is 0 Å². The van der Waals surface area contributed by atoms with Gasteiger partial charge in [-0.25, -0.2) is 4.39 Å². The van der Waals surface area contributed by atoms with Gasteiger partial charge in [-0.1, -0.05) is 36.6 Å². The highest BCUT2D eigenvalue weighted by atomic mass is 35.5. The van der Waals surface area contributed by atoms with Gasteiger partial charge in [0.2, 0.25) is 0 Å². The number of carbonyl (C=O) groups is 1. The fourth-order valence-corrected chi connectivity index (χ4v) is 3.43. The van der Waals surface area contributed by atoms with E-state index in [2.05, 4.69) is 5.10 Å². The number of hydrogen-bond acceptors (Lipinski definition) is 2. The molecular weight excluding hydrogens is 317 g/mol. The summed E-state index contributed by atoms with van der Waals surface area (Å²) in [4.78, 5) is 14.6. The Balaban J connectivity index is 1.98. The fourth-order valence-electron chi connectivity index (χ4n) is 3.13. The zero-order valence-electron chi connectivity index (χ0n) is 13.0. The van der Waals surface area contributed by atoms with Crippen molar-refractivity contribution in [3.63, 3.8) is 0 Å². The number of hydrogen-bond donors (Lipinski definition) is 0. The van der Waals surface area contributed by atoms with Crippen LogP contribution in [0.25, 0.3) is 0 Å². The largest absolute Gasteiger partial charge is 0.330 e. The number of benzene rings is 1. The van der Waals surface area contributed by atoms with Crippen molar-refractivity contribution in [2.45, 2.75) is 31.7 Å². The average molecular weight is 336 g/mol. The van der Waals surface area contributed by atoms with E-state index in [0.717, 1.165) is 25.7 Å². The van der Waals surface area contributed by atoms with Crippen LogP contribution in [0.4, 0.5) is 4.39 Å². The molecule has 2 aromatic rings. The molecule has 0 bridgehead atoms. The lowest BCUT2D eigenvalue weighted by Gasteiger charge is -2.29. The molecule has 3 rings (SSSR count). The van der Waals surface area contributed by atoms with Crippen molar-refractivity contribution < 1.29 is 9.18 Å². The van der Waals surface area contributed by atoms with Crippen LogP contribution in [0, 0.1) is 5.82 Å². The lowest BCUT2D eigenvalue weighted by molar-refractivity contribution is 0.0671. The molecule has 0 spiro atoms. The molecule has 1 aromatic heterocycles. The highest BCUT2D eigenvalue weighted by molar-refractivity contribution is 6.31. The van der Waals surface area contributed by atoms with Crippen LogP contribution in [0.15, 0.2) is 30.5 Å². The van der Waals surface area contributed by atoms with Gasteiger partial charge in [-0.2, -0.15) is 5.10 Å². The van der Waals surface area contributed by atoms with E-state index in [1.165, 1.54) is 12.1 Å². The molecular formula is C17H19ClFN3O. The van der Waals surface area contributed by atoms with Crippen LogP contribution in [0.3, 0.4) is 0 Å². The molecule has 0 saturated carbocycles. The molecule has 1 aromatic carbocycles. The van der Waals surface area contributed by atoms with Gasteiger partial charge in [0.25, 0.3) is 5.91 Å². The first-order chi connectivity index (χ1) is 11.1. The van der Waals surface area contributed by atoms with Gasteiger partial charge in [0.05, 0.1) is 16.6 Å². The number of carbonyl (C=O) groups excluding carboxylic acids is 1. The van der Waals surface area contributed by atoms with Gasteiger partial charge in [-0.3, -0.25) is 9.48 Å². The van der Waals surface area contributed by atoms with E-state index in [1.807, 2.05) is 0 Å². The third-order valence-electron chi connectivity index (χ3n) is 4.24. The number of aryl methyl sites for hydroxylation is 1. The molecule has 0 N–H and O–H groups in total. The Labute approximate surface area is 139 Å². The van der Waals surface area contributed by atoms with Gasteiger partial charge in [-0.15, -0.1) is 0 Å².